The lowest BCUT2D eigenvalue weighted by atomic mass is 9.90. The van der Waals surface area contributed by atoms with Gasteiger partial charge in [-0.1, -0.05) is 161 Å². The molecule has 0 aliphatic heterocycles. The van der Waals surface area contributed by atoms with E-state index in [0.717, 1.165) is 44.4 Å². The molecule has 56 heavy (non-hydrogen) atoms. The molecule has 1 saturated carbocycles. The van der Waals surface area contributed by atoms with Crippen molar-refractivity contribution in [3.63, 3.8) is 0 Å². The SMILES string of the molecule is CCCCC[C@H](O)/C=C/[C@H]1C(=O)C[C@H](O)[C@@H]1C/C=C\CCCC(=O)OC[C@H](COP(=O)(O)O)OC(=O)CCCCCCCCCCCCCCCCC(C)CC. The van der Waals surface area contributed by atoms with Crippen LogP contribution in [-0.4, -0.2) is 69.2 Å². The average molecular weight is 815 g/mol. The number of ketones is 1. The van der Waals surface area contributed by atoms with Crippen LogP contribution in [0.3, 0.4) is 0 Å². The van der Waals surface area contributed by atoms with Gasteiger partial charge in [-0.3, -0.25) is 18.9 Å². The smallest absolute Gasteiger partial charge is 0.462 e. The van der Waals surface area contributed by atoms with Gasteiger partial charge in [0.05, 0.1) is 18.8 Å². The number of hydrogen-bond acceptors (Lipinski definition) is 9. The van der Waals surface area contributed by atoms with Gasteiger partial charge in [0.15, 0.2) is 6.10 Å². The van der Waals surface area contributed by atoms with Gasteiger partial charge in [0.1, 0.15) is 12.4 Å². The van der Waals surface area contributed by atoms with Gasteiger partial charge in [0, 0.05) is 31.1 Å². The molecule has 0 amide bonds. The zero-order chi connectivity index (χ0) is 41.4. The molecule has 0 radical (unpaired) electrons. The molecule has 0 spiro atoms. The van der Waals surface area contributed by atoms with Crippen LogP contribution in [0.1, 0.15) is 188 Å². The summed E-state index contributed by atoms with van der Waals surface area (Å²) in [7, 11) is -4.82. The molecule has 0 aromatic carbocycles. The summed E-state index contributed by atoms with van der Waals surface area (Å²) in [6.45, 7) is 5.73. The van der Waals surface area contributed by atoms with Gasteiger partial charge in [-0.25, -0.2) is 4.57 Å². The summed E-state index contributed by atoms with van der Waals surface area (Å²) in [5, 5.41) is 20.6. The number of esters is 2. The Kier molecular flexibility index (Phi) is 30.7. The Morgan fingerprint density at radius 2 is 1.36 bits per heavy atom. The minimum atomic E-state index is -4.82. The molecule has 1 rings (SSSR count). The number of aliphatic hydroxyl groups excluding tert-OH is 2. The van der Waals surface area contributed by atoms with E-state index in [0.29, 0.717) is 32.1 Å². The lowest BCUT2D eigenvalue weighted by molar-refractivity contribution is -0.161. The van der Waals surface area contributed by atoms with E-state index in [1.54, 1.807) is 12.2 Å². The van der Waals surface area contributed by atoms with Crippen LogP contribution < -0.4 is 0 Å². The third kappa shape index (κ3) is 28.5. The molecule has 0 bridgehead atoms. The van der Waals surface area contributed by atoms with E-state index < -0.39 is 50.6 Å². The molecule has 0 heterocycles. The number of aliphatic hydroxyl groups is 2. The number of Topliss-reactive ketones (excluding diaryl/α,β-unsaturated/α-hetero) is 1. The summed E-state index contributed by atoms with van der Waals surface area (Å²) in [5.74, 6) is -0.947. The lowest BCUT2D eigenvalue weighted by Gasteiger charge is -2.18. The highest BCUT2D eigenvalue weighted by Crippen LogP contribution is 2.36. The predicted octanol–water partition coefficient (Wildman–Crippen LogP) is 10.0. The number of allylic oxidation sites excluding steroid dienone is 3. The van der Waals surface area contributed by atoms with Crippen LogP contribution in [-0.2, 0) is 32.9 Å². The lowest BCUT2D eigenvalue weighted by Crippen LogP contribution is -2.29. The first-order chi connectivity index (χ1) is 26.9. The van der Waals surface area contributed by atoms with Gasteiger partial charge in [0.2, 0.25) is 0 Å². The molecule has 11 nitrogen and oxygen atoms in total. The zero-order valence-corrected chi connectivity index (χ0v) is 36.1. The first-order valence-corrected chi connectivity index (χ1v) is 23.7. The second kappa shape index (κ2) is 33.0. The molecule has 1 unspecified atom stereocenters. The summed E-state index contributed by atoms with van der Waals surface area (Å²) in [5.41, 5.74) is 0. The molecular weight excluding hydrogens is 735 g/mol. The molecule has 0 aromatic heterocycles. The van der Waals surface area contributed by atoms with Crippen molar-refractivity contribution in [2.24, 2.45) is 17.8 Å². The predicted molar refractivity (Wildman–Crippen MR) is 222 cm³/mol. The number of phosphoric acid groups is 1. The van der Waals surface area contributed by atoms with Crippen LogP contribution in [0, 0.1) is 17.8 Å². The standard InChI is InChI=1S/C44H79O11P/c1-4-6-21-27-37(45)31-32-40-39(41(46)33-42(40)47)28-23-19-20-24-29-43(48)53-34-38(35-54-56(50,51)52)55-44(49)30-25-18-16-14-12-10-8-7-9-11-13-15-17-22-26-36(3)5-2/h19,23,31-32,36-41,45-46H,4-18,20-22,24-30,33-35H2,1-3H3,(H2,50,51,52)/b23-19-,32-31+/t36?,37-,38+,39+,40+,41-/m0/s1. The van der Waals surface area contributed by atoms with Crippen LogP contribution in [0.25, 0.3) is 0 Å². The average Bonchev–Trinajstić information content (AvgIpc) is 3.43. The maximum absolute atomic E-state index is 12.5. The maximum atomic E-state index is 12.5. The number of hydrogen-bond donors (Lipinski definition) is 4. The number of carbonyl (C=O) groups excluding carboxylic acids is 3. The summed E-state index contributed by atoms with van der Waals surface area (Å²) in [4.78, 5) is 55.6. The second-order valence-corrected chi connectivity index (χ2v) is 17.3. The summed E-state index contributed by atoms with van der Waals surface area (Å²) in [6.07, 6.45) is 29.8. The van der Waals surface area contributed by atoms with Crippen molar-refractivity contribution in [2.75, 3.05) is 13.2 Å². The topological polar surface area (TPSA) is 177 Å². The van der Waals surface area contributed by atoms with Crippen molar-refractivity contribution in [1.29, 1.82) is 0 Å². The molecule has 4 N–H and O–H groups in total. The second-order valence-electron chi connectivity index (χ2n) is 16.1. The highest BCUT2D eigenvalue weighted by atomic mass is 31.2. The fraction of sp³-hybridized carbons (Fsp3) is 0.841. The maximum Gasteiger partial charge on any atom is 0.469 e. The third-order valence-corrected chi connectivity index (χ3v) is 11.4. The van der Waals surface area contributed by atoms with Gasteiger partial charge in [-0.15, -0.1) is 0 Å². The van der Waals surface area contributed by atoms with Crippen molar-refractivity contribution in [2.45, 2.75) is 206 Å². The monoisotopic (exact) mass is 815 g/mol. The fourth-order valence-electron chi connectivity index (χ4n) is 7.10. The number of phosphoric ester groups is 1. The van der Waals surface area contributed by atoms with Crippen LogP contribution in [0.15, 0.2) is 24.3 Å². The molecule has 1 aliphatic rings. The zero-order valence-electron chi connectivity index (χ0n) is 35.2. The van der Waals surface area contributed by atoms with Crippen molar-refractivity contribution in [3.8, 4) is 0 Å². The highest BCUT2D eigenvalue weighted by Gasteiger charge is 2.39. The van der Waals surface area contributed by atoms with E-state index in [1.807, 2.05) is 12.2 Å². The normalized spacial score (nSPS) is 19.2. The van der Waals surface area contributed by atoms with Crippen molar-refractivity contribution >= 4 is 25.5 Å². The Bertz CT molecular complexity index is 1140. The minimum Gasteiger partial charge on any atom is -0.462 e. The highest BCUT2D eigenvalue weighted by molar-refractivity contribution is 7.46. The van der Waals surface area contributed by atoms with E-state index >= 15 is 0 Å². The van der Waals surface area contributed by atoms with Crippen molar-refractivity contribution < 1.29 is 52.9 Å². The first kappa shape index (κ1) is 52.1. The van der Waals surface area contributed by atoms with Crippen LogP contribution in [0.5, 0.6) is 0 Å². The Labute approximate surface area is 339 Å². The Morgan fingerprint density at radius 3 is 1.95 bits per heavy atom. The first-order valence-electron chi connectivity index (χ1n) is 22.1. The quantitative estimate of drug-likeness (QED) is 0.0205. The number of rotatable bonds is 36. The van der Waals surface area contributed by atoms with Gasteiger partial charge >= 0.3 is 19.8 Å². The Hall–Kier alpha value is -1.88. The van der Waals surface area contributed by atoms with Gasteiger partial charge in [-0.05, 0) is 38.0 Å². The molecule has 1 aliphatic carbocycles. The van der Waals surface area contributed by atoms with Crippen LogP contribution >= 0.6 is 7.82 Å². The largest absolute Gasteiger partial charge is 0.469 e. The van der Waals surface area contributed by atoms with E-state index in [1.165, 1.54) is 77.0 Å². The van der Waals surface area contributed by atoms with Crippen LogP contribution in [0.2, 0.25) is 0 Å². The molecular formula is C44H79O11P. The molecule has 6 atom stereocenters. The summed E-state index contributed by atoms with van der Waals surface area (Å²) >= 11 is 0. The Balaban J connectivity index is 2.25. The molecule has 0 saturated heterocycles. The fourth-order valence-corrected chi connectivity index (χ4v) is 7.46. The van der Waals surface area contributed by atoms with E-state index in [-0.39, 0.29) is 37.6 Å². The summed E-state index contributed by atoms with van der Waals surface area (Å²) in [6, 6.07) is 0. The molecule has 12 heteroatoms. The minimum absolute atomic E-state index is 0.0314. The number of carbonyl (C=O) groups is 3. The van der Waals surface area contributed by atoms with Gasteiger partial charge in [-0.2, -0.15) is 0 Å². The molecule has 0 aromatic rings. The Morgan fingerprint density at radius 1 is 0.786 bits per heavy atom. The van der Waals surface area contributed by atoms with Gasteiger partial charge in [0.25, 0.3) is 0 Å². The number of unbranched alkanes of at least 4 members (excludes halogenated alkanes) is 16. The van der Waals surface area contributed by atoms with E-state index in [2.05, 4.69) is 25.3 Å². The van der Waals surface area contributed by atoms with E-state index in [9.17, 15) is 29.2 Å². The van der Waals surface area contributed by atoms with Crippen LogP contribution in [0.4, 0.5) is 0 Å². The summed E-state index contributed by atoms with van der Waals surface area (Å²) < 4.78 is 26.4. The van der Waals surface area contributed by atoms with Gasteiger partial charge < -0.3 is 29.5 Å². The molecule has 326 valence electrons. The number of ether oxygens (including phenoxy) is 2. The third-order valence-electron chi connectivity index (χ3n) is 10.9. The van der Waals surface area contributed by atoms with E-state index in [4.69, 9.17) is 19.3 Å². The van der Waals surface area contributed by atoms with Crippen molar-refractivity contribution in [3.05, 3.63) is 24.3 Å². The molecule has 1 fully saturated rings. The van der Waals surface area contributed by atoms with Crippen molar-refractivity contribution in [1.82, 2.24) is 0 Å².